The van der Waals surface area contributed by atoms with Crippen LogP contribution in [0.2, 0.25) is 0 Å². The van der Waals surface area contributed by atoms with Gasteiger partial charge in [0, 0.05) is 12.6 Å². The Balaban J connectivity index is 1.89. The van der Waals surface area contributed by atoms with Crippen molar-refractivity contribution >= 4 is 21.1 Å². The van der Waals surface area contributed by atoms with Crippen LogP contribution in [0.25, 0.3) is 11.1 Å². The summed E-state index contributed by atoms with van der Waals surface area (Å²) in [5, 5.41) is 0. The SMILES string of the molecule is Cc1cc(C)c(CNS(=O)(=O)c2ccc3[nH]c(=O)oc3c2)c(C)c1. The number of aromatic amines is 1. The summed E-state index contributed by atoms with van der Waals surface area (Å²) in [6.45, 7) is 6.14. The van der Waals surface area contributed by atoms with Crippen molar-refractivity contribution in [2.45, 2.75) is 32.2 Å². The third kappa shape index (κ3) is 3.13. The second-order valence-electron chi connectivity index (χ2n) is 5.87. The first-order chi connectivity index (χ1) is 11.3. The maximum atomic E-state index is 12.5. The zero-order valence-corrected chi connectivity index (χ0v) is 14.5. The predicted octanol–water partition coefficient (Wildman–Crippen LogP) is 2.52. The van der Waals surface area contributed by atoms with Gasteiger partial charge in [0.05, 0.1) is 10.4 Å². The highest BCUT2D eigenvalue weighted by Gasteiger charge is 2.17. The number of hydrogen-bond acceptors (Lipinski definition) is 4. The molecule has 0 aliphatic carbocycles. The molecule has 3 aromatic rings. The minimum absolute atomic E-state index is 0.0557. The summed E-state index contributed by atoms with van der Waals surface area (Å²) in [5.74, 6) is -0.613. The van der Waals surface area contributed by atoms with Gasteiger partial charge < -0.3 is 4.42 Å². The first kappa shape index (κ1) is 16.5. The lowest BCUT2D eigenvalue weighted by Crippen LogP contribution is -2.24. The fraction of sp³-hybridized carbons (Fsp3) is 0.235. The van der Waals surface area contributed by atoms with Gasteiger partial charge in [0.25, 0.3) is 0 Å². The highest BCUT2D eigenvalue weighted by atomic mass is 32.2. The van der Waals surface area contributed by atoms with Crippen molar-refractivity contribution < 1.29 is 12.8 Å². The molecule has 0 fully saturated rings. The van der Waals surface area contributed by atoms with E-state index in [0.29, 0.717) is 5.52 Å². The third-order valence-corrected chi connectivity index (χ3v) is 5.38. The normalized spacial score (nSPS) is 12.0. The molecule has 126 valence electrons. The zero-order chi connectivity index (χ0) is 17.5. The minimum atomic E-state index is -3.71. The van der Waals surface area contributed by atoms with Crippen LogP contribution in [0.1, 0.15) is 22.3 Å². The lowest BCUT2D eigenvalue weighted by atomic mass is 10.0. The third-order valence-electron chi connectivity index (χ3n) is 3.98. The largest absolute Gasteiger partial charge is 0.417 e. The molecule has 0 aliphatic heterocycles. The van der Waals surface area contributed by atoms with Crippen LogP contribution in [-0.2, 0) is 16.6 Å². The number of sulfonamides is 1. The molecule has 0 radical (unpaired) electrons. The van der Waals surface area contributed by atoms with Crippen molar-refractivity contribution in [1.29, 1.82) is 0 Å². The molecule has 7 heteroatoms. The van der Waals surface area contributed by atoms with E-state index < -0.39 is 15.8 Å². The number of benzene rings is 2. The molecule has 6 nitrogen and oxygen atoms in total. The first-order valence-electron chi connectivity index (χ1n) is 7.45. The zero-order valence-electron chi connectivity index (χ0n) is 13.6. The van der Waals surface area contributed by atoms with E-state index in [-0.39, 0.29) is 17.0 Å². The van der Waals surface area contributed by atoms with E-state index >= 15 is 0 Å². The number of hydrogen-bond donors (Lipinski definition) is 2. The first-order valence-corrected chi connectivity index (χ1v) is 8.94. The molecule has 0 bridgehead atoms. The Labute approximate surface area is 139 Å². The topological polar surface area (TPSA) is 92.2 Å². The van der Waals surface area contributed by atoms with Crippen LogP contribution in [0.15, 0.2) is 44.4 Å². The van der Waals surface area contributed by atoms with Gasteiger partial charge in [-0.3, -0.25) is 4.98 Å². The van der Waals surface area contributed by atoms with Crippen LogP contribution in [-0.4, -0.2) is 13.4 Å². The highest BCUT2D eigenvalue weighted by Crippen LogP contribution is 2.19. The Hall–Kier alpha value is -2.38. The van der Waals surface area contributed by atoms with Gasteiger partial charge in [0.15, 0.2) is 5.58 Å². The van der Waals surface area contributed by atoms with Crippen molar-refractivity contribution in [3.05, 3.63) is 63.1 Å². The summed E-state index contributed by atoms with van der Waals surface area (Å²) in [4.78, 5) is 13.7. The molecule has 0 atom stereocenters. The van der Waals surface area contributed by atoms with Crippen LogP contribution < -0.4 is 10.5 Å². The van der Waals surface area contributed by atoms with E-state index in [2.05, 4.69) is 9.71 Å². The molecule has 0 spiro atoms. The summed E-state index contributed by atoms with van der Waals surface area (Å²) in [7, 11) is -3.71. The summed E-state index contributed by atoms with van der Waals surface area (Å²) < 4.78 is 32.5. The molecule has 0 aliphatic rings. The number of aromatic nitrogens is 1. The molecule has 1 aromatic heterocycles. The van der Waals surface area contributed by atoms with E-state index in [1.807, 2.05) is 32.9 Å². The van der Waals surface area contributed by atoms with E-state index in [1.54, 1.807) is 0 Å². The van der Waals surface area contributed by atoms with Crippen LogP contribution in [0.4, 0.5) is 0 Å². The average Bonchev–Trinajstić information content (AvgIpc) is 2.85. The Kier molecular flexibility index (Phi) is 4.06. The number of H-pyrrole nitrogens is 1. The molecular weight excluding hydrogens is 328 g/mol. The Morgan fingerprint density at radius 3 is 2.42 bits per heavy atom. The van der Waals surface area contributed by atoms with Crippen LogP contribution in [0.5, 0.6) is 0 Å². The lowest BCUT2D eigenvalue weighted by molar-refractivity contribution is 0.553. The maximum absolute atomic E-state index is 12.5. The fourth-order valence-corrected chi connectivity index (χ4v) is 3.84. The van der Waals surface area contributed by atoms with Crippen LogP contribution in [0, 0.1) is 20.8 Å². The average molecular weight is 346 g/mol. The Morgan fingerprint density at radius 2 is 1.75 bits per heavy atom. The Bertz CT molecular complexity index is 1050. The minimum Gasteiger partial charge on any atom is -0.408 e. The van der Waals surface area contributed by atoms with E-state index in [9.17, 15) is 13.2 Å². The van der Waals surface area contributed by atoms with Crippen molar-refractivity contribution in [2.75, 3.05) is 0 Å². The van der Waals surface area contributed by atoms with Crippen LogP contribution in [0.3, 0.4) is 0 Å². The van der Waals surface area contributed by atoms with Gasteiger partial charge in [0.1, 0.15) is 0 Å². The lowest BCUT2D eigenvalue weighted by Gasteiger charge is -2.12. The number of aryl methyl sites for hydroxylation is 3. The van der Waals surface area contributed by atoms with Gasteiger partial charge in [-0.1, -0.05) is 17.7 Å². The number of nitrogens with one attached hydrogen (secondary N) is 2. The van der Waals surface area contributed by atoms with Gasteiger partial charge in [-0.15, -0.1) is 0 Å². The summed E-state index contributed by atoms with van der Waals surface area (Å²) >= 11 is 0. The summed E-state index contributed by atoms with van der Waals surface area (Å²) in [6, 6.07) is 8.33. The maximum Gasteiger partial charge on any atom is 0.417 e. The smallest absolute Gasteiger partial charge is 0.408 e. The molecular formula is C17H18N2O4S. The van der Waals surface area contributed by atoms with Crippen molar-refractivity contribution in [3.8, 4) is 0 Å². The van der Waals surface area contributed by atoms with E-state index in [1.165, 1.54) is 18.2 Å². The van der Waals surface area contributed by atoms with Gasteiger partial charge in [-0.2, -0.15) is 0 Å². The highest BCUT2D eigenvalue weighted by molar-refractivity contribution is 7.89. The molecule has 3 rings (SSSR count). The van der Waals surface area contributed by atoms with Gasteiger partial charge in [-0.25, -0.2) is 17.9 Å². The molecule has 2 N–H and O–H groups in total. The van der Waals surface area contributed by atoms with Crippen molar-refractivity contribution in [1.82, 2.24) is 9.71 Å². The fourth-order valence-electron chi connectivity index (χ4n) is 2.83. The predicted molar refractivity (Wildman–Crippen MR) is 91.5 cm³/mol. The summed E-state index contributed by atoms with van der Waals surface area (Å²) in [6.07, 6.45) is 0. The number of fused-ring (bicyclic) bond motifs is 1. The summed E-state index contributed by atoms with van der Waals surface area (Å²) in [5.41, 5.74) is 4.86. The second-order valence-corrected chi connectivity index (χ2v) is 7.64. The second kappa shape index (κ2) is 5.92. The molecule has 2 aromatic carbocycles. The van der Waals surface area contributed by atoms with Crippen LogP contribution >= 0.6 is 0 Å². The van der Waals surface area contributed by atoms with Gasteiger partial charge in [0.2, 0.25) is 10.0 Å². The number of rotatable bonds is 4. The molecule has 1 heterocycles. The molecule has 24 heavy (non-hydrogen) atoms. The molecule has 0 amide bonds. The molecule has 0 saturated heterocycles. The van der Waals surface area contributed by atoms with E-state index in [0.717, 1.165) is 22.3 Å². The standard InChI is InChI=1S/C17H18N2O4S/c1-10-6-11(2)14(12(3)7-10)9-18-24(21,22)13-4-5-15-16(8-13)23-17(20)19-15/h4-8,18H,9H2,1-3H3,(H,19,20). The monoisotopic (exact) mass is 346 g/mol. The molecule has 0 saturated carbocycles. The Morgan fingerprint density at radius 1 is 1.08 bits per heavy atom. The number of oxazole rings is 1. The van der Waals surface area contributed by atoms with E-state index in [4.69, 9.17) is 4.42 Å². The quantitative estimate of drug-likeness (QED) is 0.759. The molecule has 0 unspecified atom stereocenters. The van der Waals surface area contributed by atoms with Crippen molar-refractivity contribution in [3.63, 3.8) is 0 Å². The van der Waals surface area contributed by atoms with Crippen molar-refractivity contribution in [2.24, 2.45) is 0 Å². The van der Waals surface area contributed by atoms with Gasteiger partial charge >= 0.3 is 5.76 Å². The van der Waals surface area contributed by atoms with Gasteiger partial charge in [-0.05, 0) is 49.6 Å².